The summed E-state index contributed by atoms with van der Waals surface area (Å²) in [5.41, 5.74) is 6.38. The van der Waals surface area contributed by atoms with Gasteiger partial charge in [-0.3, -0.25) is 9.79 Å². The molecule has 0 radical (unpaired) electrons. The van der Waals surface area contributed by atoms with E-state index < -0.39 is 0 Å². The van der Waals surface area contributed by atoms with E-state index >= 15 is 0 Å². The number of hydrogen-bond acceptors (Lipinski definition) is 3. The second kappa shape index (κ2) is 12.5. The van der Waals surface area contributed by atoms with Crippen molar-refractivity contribution in [3.05, 3.63) is 34.3 Å². The highest BCUT2D eigenvalue weighted by atomic mass is 127. The van der Waals surface area contributed by atoms with Gasteiger partial charge in [0.05, 0.1) is 6.61 Å². The van der Waals surface area contributed by atoms with Crippen molar-refractivity contribution in [2.24, 2.45) is 10.7 Å². The standard InChI is InChI=1S/C15H23BrN4O2.HI/c1-11(10-22-2)20-15(17)19-9-3-8-18-14(21)12-4-6-13(16)7-5-12;/h4-7,11H,3,8-10H2,1-2H3,(H,18,21)(H3,17,19,20);1H. The van der Waals surface area contributed by atoms with Gasteiger partial charge in [-0.15, -0.1) is 24.0 Å². The predicted octanol–water partition coefficient (Wildman–Crippen LogP) is 2.13. The summed E-state index contributed by atoms with van der Waals surface area (Å²) in [5, 5.41) is 5.87. The highest BCUT2D eigenvalue weighted by Crippen LogP contribution is 2.10. The van der Waals surface area contributed by atoms with Crippen molar-refractivity contribution < 1.29 is 9.53 Å². The number of ether oxygens (including phenoxy) is 1. The van der Waals surface area contributed by atoms with Crippen LogP contribution in [-0.2, 0) is 4.74 Å². The van der Waals surface area contributed by atoms with Gasteiger partial charge < -0.3 is 21.1 Å². The molecule has 1 unspecified atom stereocenters. The number of methoxy groups -OCH3 is 1. The molecule has 0 fully saturated rings. The van der Waals surface area contributed by atoms with Gasteiger partial charge in [-0.05, 0) is 37.6 Å². The summed E-state index contributed by atoms with van der Waals surface area (Å²) in [4.78, 5) is 16.1. The van der Waals surface area contributed by atoms with Gasteiger partial charge in [0.25, 0.3) is 5.91 Å². The maximum absolute atomic E-state index is 11.9. The number of nitrogens with one attached hydrogen (secondary N) is 2. The first-order chi connectivity index (χ1) is 10.5. The lowest BCUT2D eigenvalue weighted by atomic mass is 10.2. The normalized spacial score (nSPS) is 12.2. The van der Waals surface area contributed by atoms with Gasteiger partial charge in [0.2, 0.25) is 0 Å². The van der Waals surface area contributed by atoms with Crippen molar-refractivity contribution in [3.8, 4) is 0 Å². The minimum Gasteiger partial charge on any atom is -0.383 e. The molecule has 8 heteroatoms. The molecule has 6 nitrogen and oxygen atoms in total. The molecule has 1 amide bonds. The van der Waals surface area contributed by atoms with E-state index in [9.17, 15) is 4.79 Å². The van der Waals surface area contributed by atoms with Crippen molar-refractivity contribution >= 4 is 51.8 Å². The lowest BCUT2D eigenvalue weighted by molar-refractivity contribution is 0.0953. The summed E-state index contributed by atoms with van der Waals surface area (Å²) in [5.74, 6) is 0.306. The summed E-state index contributed by atoms with van der Waals surface area (Å²) >= 11 is 3.34. The summed E-state index contributed by atoms with van der Waals surface area (Å²) in [6.45, 7) is 3.64. The molecule has 0 saturated heterocycles. The van der Waals surface area contributed by atoms with E-state index in [1.807, 2.05) is 19.1 Å². The van der Waals surface area contributed by atoms with Crippen molar-refractivity contribution in [1.82, 2.24) is 10.6 Å². The Labute approximate surface area is 162 Å². The molecule has 23 heavy (non-hydrogen) atoms. The summed E-state index contributed by atoms with van der Waals surface area (Å²) in [6.07, 6.45) is 0.726. The maximum atomic E-state index is 11.9. The number of nitrogens with two attached hydrogens (primary N) is 1. The number of amides is 1. The average Bonchev–Trinajstić information content (AvgIpc) is 2.47. The topological polar surface area (TPSA) is 88.7 Å². The fraction of sp³-hybridized carbons (Fsp3) is 0.467. The van der Waals surface area contributed by atoms with Gasteiger partial charge in [-0.1, -0.05) is 15.9 Å². The number of carbonyl (C=O) groups excluding carboxylic acids is 1. The number of benzene rings is 1. The Bertz CT molecular complexity index is 497. The van der Waals surface area contributed by atoms with Crippen molar-refractivity contribution in [2.45, 2.75) is 19.4 Å². The number of halogens is 2. The van der Waals surface area contributed by atoms with E-state index in [1.54, 1.807) is 19.2 Å². The fourth-order valence-corrected chi connectivity index (χ4v) is 2.04. The SMILES string of the molecule is COCC(C)NC(N)=NCCCNC(=O)c1ccc(Br)cc1.I. The molecule has 0 aromatic heterocycles. The van der Waals surface area contributed by atoms with Gasteiger partial charge in [0.15, 0.2) is 5.96 Å². The van der Waals surface area contributed by atoms with Gasteiger partial charge in [-0.2, -0.15) is 0 Å². The lowest BCUT2D eigenvalue weighted by Gasteiger charge is -2.13. The second-order valence-corrected chi connectivity index (χ2v) is 5.80. The van der Waals surface area contributed by atoms with Crippen LogP contribution >= 0.6 is 39.9 Å². The zero-order valence-corrected chi connectivity index (χ0v) is 17.3. The Hall–Kier alpha value is -0.870. The third kappa shape index (κ3) is 9.77. The fourth-order valence-electron chi connectivity index (χ4n) is 1.77. The molecule has 0 aliphatic heterocycles. The molecule has 0 aliphatic rings. The van der Waals surface area contributed by atoms with Gasteiger partial charge in [-0.25, -0.2) is 0 Å². The van der Waals surface area contributed by atoms with Crippen LogP contribution in [0.5, 0.6) is 0 Å². The van der Waals surface area contributed by atoms with E-state index in [4.69, 9.17) is 10.5 Å². The molecule has 130 valence electrons. The summed E-state index contributed by atoms with van der Waals surface area (Å²) in [6, 6.07) is 7.35. The number of carbonyl (C=O) groups is 1. The Morgan fingerprint density at radius 3 is 2.65 bits per heavy atom. The van der Waals surface area contributed by atoms with Crippen LogP contribution in [-0.4, -0.2) is 44.7 Å². The van der Waals surface area contributed by atoms with Crippen LogP contribution in [0.2, 0.25) is 0 Å². The molecular weight excluding hydrogens is 475 g/mol. The largest absolute Gasteiger partial charge is 0.383 e. The zero-order chi connectivity index (χ0) is 16.4. The van der Waals surface area contributed by atoms with E-state index in [-0.39, 0.29) is 35.9 Å². The highest BCUT2D eigenvalue weighted by molar-refractivity contribution is 14.0. The number of nitrogens with zero attached hydrogens (tertiary/aromatic N) is 1. The van der Waals surface area contributed by atoms with Crippen LogP contribution in [0, 0.1) is 0 Å². The third-order valence-corrected chi connectivity index (χ3v) is 3.35. The van der Waals surface area contributed by atoms with E-state index in [2.05, 4.69) is 31.6 Å². The van der Waals surface area contributed by atoms with Crippen LogP contribution in [0.15, 0.2) is 33.7 Å². The molecule has 0 heterocycles. The van der Waals surface area contributed by atoms with Crippen LogP contribution in [0.3, 0.4) is 0 Å². The lowest BCUT2D eigenvalue weighted by Crippen LogP contribution is -2.40. The molecular formula is C15H24BrIN4O2. The van der Waals surface area contributed by atoms with Gasteiger partial charge in [0, 0.05) is 36.3 Å². The molecule has 1 aromatic rings. The van der Waals surface area contributed by atoms with Crippen molar-refractivity contribution in [3.63, 3.8) is 0 Å². The van der Waals surface area contributed by atoms with E-state index in [0.717, 1.165) is 10.9 Å². The molecule has 0 bridgehead atoms. The van der Waals surface area contributed by atoms with Crippen molar-refractivity contribution in [1.29, 1.82) is 0 Å². The number of aliphatic imine (C=N–C) groups is 1. The van der Waals surface area contributed by atoms with Crippen LogP contribution in [0.1, 0.15) is 23.7 Å². The molecule has 1 atom stereocenters. The Balaban J connectivity index is 0.00000484. The molecule has 4 N–H and O–H groups in total. The molecule has 0 aliphatic carbocycles. The molecule has 0 saturated carbocycles. The average molecular weight is 499 g/mol. The minimum absolute atomic E-state index is 0. The predicted molar refractivity (Wildman–Crippen MR) is 107 cm³/mol. The Morgan fingerprint density at radius 2 is 2.04 bits per heavy atom. The first-order valence-corrected chi connectivity index (χ1v) is 7.91. The molecule has 0 spiro atoms. The maximum Gasteiger partial charge on any atom is 0.251 e. The first-order valence-electron chi connectivity index (χ1n) is 7.12. The van der Waals surface area contributed by atoms with E-state index in [1.165, 1.54) is 0 Å². The Morgan fingerprint density at radius 1 is 1.39 bits per heavy atom. The number of guanidine groups is 1. The monoisotopic (exact) mass is 498 g/mol. The zero-order valence-electron chi connectivity index (χ0n) is 13.3. The molecule has 1 rings (SSSR count). The quantitative estimate of drug-likeness (QED) is 0.222. The van der Waals surface area contributed by atoms with Crippen LogP contribution in [0.25, 0.3) is 0 Å². The van der Waals surface area contributed by atoms with Crippen LogP contribution < -0.4 is 16.4 Å². The highest BCUT2D eigenvalue weighted by Gasteiger charge is 2.04. The summed E-state index contributed by atoms with van der Waals surface area (Å²) < 4.78 is 5.95. The van der Waals surface area contributed by atoms with Crippen LogP contribution in [0.4, 0.5) is 0 Å². The molecule has 1 aromatic carbocycles. The van der Waals surface area contributed by atoms with Gasteiger partial charge in [0.1, 0.15) is 0 Å². The number of hydrogen-bond donors (Lipinski definition) is 3. The Kier molecular flexibility index (Phi) is 12.1. The smallest absolute Gasteiger partial charge is 0.251 e. The summed E-state index contributed by atoms with van der Waals surface area (Å²) in [7, 11) is 1.64. The van der Waals surface area contributed by atoms with Gasteiger partial charge >= 0.3 is 0 Å². The van der Waals surface area contributed by atoms with E-state index in [0.29, 0.717) is 31.2 Å². The number of rotatable bonds is 8. The first kappa shape index (κ1) is 22.1. The minimum atomic E-state index is -0.0868. The third-order valence-electron chi connectivity index (χ3n) is 2.82. The van der Waals surface area contributed by atoms with Crippen molar-refractivity contribution in [2.75, 3.05) is 26.8 Å². The second-order valence-electron chi connectivity index (χ2n) is 4.88.